The standard InChI is InChI=1S/C7H5BrN4O2/c8-4-1-2-5(9-3-4)12-6(13)10-11-7(12)14/h1-3H,(H,10,13)(H,11,14). The van der Waals surface area contributed by atoms with E-state index in [1.807, 2.05) is 0 Å². The molecule has 14 heavy (non-hydrogen) atoms. The topological polar surface area (TPSA) is 83.5 Å². The Balaban J connectivity index is 2.66. The van der Waals surface area contributed by atoms with Gasteiger partial charge < -0.3 is 0 Å². The van der Waals surface area contributed by atoms with Crippen LogP contribution in [0, 0.1) is 0 Å². The summed E-state index contributed by atoms with van der Waals surface area (Å²) in [6.07, 6.45) is 1.51. The van der Waals surface area contributed by atoms with Crippen LogP contribution in [0.25, 0.3) is 5.82 Å². The molecule has 6 nitrogen and oxygen atoms in total. The number of aromatic nitrogens is 4. The monoisotopic (exact) mass is 256 g/mol. The van der Waals surface area contributed by atoms with E-state index >= 15 is 0 Å². The largest absolute Gasteiger partial charge is 0.350 e. The first-order valence-electron chi connectivity index (χ1n) is 3.70. The number of aromatic amines is 2. The van der Waals surface area contributed by atoms with Gasteiger partial charge in [0.2, 0.25) is 0 Å². The third-order valence-electron chi connectivity index (χ3n) is 1.62. The molecule has 0 fully saturated rings. The fourth-order valence-corrected chi connectivity index (χ4v) is 1.25. The van der Waals surface area contributed by atoms with Crippen LogP contribution in [0.3, 0.4) is 0 Å². The SMILES string of the molecule is O=c1[nH][nH]c(=O)n1-c1ccc(Br)cn1. The number of hydrogen-bond donors (Lipinski definition) is 2. The van der Waals surface area contributed by atoms with Crippen LogP contribution < -0.4 is 11.4 Å². The van der Waals surface area contributed by atoms with Crippen molar-refractivity contribution in [2.75, 3.05) is 0 Å². The van der Waals surface area contributed by atoms with Gasteiger partial charge in [0, 0.05) is 10.7 Å². The van der Waals surface area contributed by atoms with Crippen LogP contribution >= 0.6 is 15.9 Å². The van der Waals surface area contributed by atoms with Crippen LogP contribution in [0.2, 0.25) is 0 Å². The highest BCUT2D eigenvalue weighted by Gasteiger charge is 2.05. The van der Waals surface area contributed by atoms with Crippen LogP contribution in [0.5, 0.6) is 0 Å². The molecule has 72 valence electrons. The van der Waals surface area contributed by atoms with Gasteiger partial charge in [0.1, 0.15) is 5.82 Å². The number of H-pyrrole nitrogens is 2. The van der Waals surface area contributed by atoms with Gasteiger partial charge in [-0.2, -0.15) is 4.57 Å². The highest BCUT2D eigenvalue weighted by atomic mass is 79.9. The van der Waals surface area contributed by atoms with Crippen molar-refractivity contribution in [3.63, 3.8) is 0 Å². The summed E-state index contributed by atoms with van der Waals surface area (Å²) in [5.74, 6) is 0.278. The minimum absolute atomic E-state index is 0.278. The maximum atomic E-state index is 11.1. The average molecular weight is 257 g/mol. The summed E-state index contributed by atoms with van der Waals surface area (Å²) in [6, 6.07) is 3.26. The lowest BCUT2D eigenvalue weighted by Crippen LogP contribution is -2.25. The summed E-state index contributed by atoms with van der Waals surface area (Å²) in [5, 5.41) is 4.34. The molecule has 0 bridgehead atoms. The molecule has 0 atom stereocenters. The van der Waals surface area contributed by atoms with Crippen LogP contribution in [-0.2, 0) is 0 Å². The van der Waals surface area contributed by atoms with E-state index in [1.165, 1.54) is 6.20 Å². The molecule has 0 aliphatic heterocycles. The molecule has 2 aromatic heterocycles. The molecule has 2 heterocycles. The van der Waals surface area contributed by atoms with Crippen LogP contribution in [-0.4, -0.2) is 19.7 Å². The molecule has 0 radical (unpaired) electrons. The van der Waals surface area contributed by atoms with Gasteiger partial charge in [-0.3, -0.25) is 0 Å². The Morgan fingerprint density at radius 1 is 1.21 bits per heavy atom. The summed E-state index contributed by atoms with van der Waals surface area (Å²) in [7, 11) is 0. The maximum absolute atomic E-state index is 11.1. The summed E-state index contributed by atoms with van der Waals surface area (Å²) >= 11 is 3.20. The summed E-state index contributed by atoms with van der Waals surface area (Å²) < 4.78 is 1.69. The van der Waals surface area contributed by atoms with Gasteiger partial charge in [-0.25, -0.2) is 24.8 Å². The normalized spacial score (nSPS) is 10.4. The number of nitrogens with zero attached hydrogens (tertiary/aromatic N) is 2. The second-order valence-corrected chi connectivity index (χ2v) is 3.45. The first-order valence-corrected chi connectivity index (χ1v) is 4.49. The second-order valence-electron chi connectivity index (χ2n) is 2.53. The molecule has 2 aromatic rings. The van der Waals surface area contributed by atoms with Crippen LogP contribution in [0.1, 0.15) is 0 Å². The lowest BCUT2D eigenvalue weighted by Gasteiger charge is -1.96. The van der Waals surface area contributed by atoms with Gasteiger partial charge in [0.25, 0.3) is 0 Å². The Hall–Kier alpha value is -1.63. The summed E-state index contributed by atoms with van der Waals surface area (Å²) in [4.78, 5) is 26.2. The van der Waals surface area contributed by atoms with E-state index in [0.29, 0.717) is 0 Å². The molecule has 2 N–H and O–H groups in total. The van der Waals surface area contributed by atoms with Gasteiger partial charge >= 0.3 is 11.4 Å². The number of nitrogens with one attached hydrogen (secondary N) is 2. The Bertz CT molecular complexity index is 523. The zero-order valence-corrected chi connectivity index (χ0v) is 8.41. The Morgan fingerprint density at radius 2 is 1.86 bits per heavy atom. The zero-order chi connectivity index (χ0) is 10.1. The molecular weight excluding hydrogens is 252 g/mol. The lowest BCUT2D eigenvalue weighted by molar-refractivity contribution is 0.907. The lowest BCUT2D eigenvalue weighted by atomic mass is 10.5. The molecule has 0 aliphatic rings. The molecule has 0 aromatic carbocycles. The van der Waals surface area contributed by atoms with Crippen molar-refractivity contribution in [2.24, 2.45) is 0 Å². The maximum Gasteiger partial charge on any atom is 0.350 e. The van der Waals surface area contributed by atoms with E-state index in [1.54, 1.807) is 12.1 Å². The summed E-state index contributed by atoms with van der Waals surface area (Å²) in [5.41, 5.74) is -1.07. The van der Waals surface area contributed by atoms with Gasteiger partial charge in [-0.15, -0.1) is 0 Å². The second kappa shape index (κ2) is 3.26. The fourth-order valence-electron chi connectivity index (χ4n) is 1.02. The molecule has 0 spiro atoms. The third kappa shape index (κ3) is 1.41. The molecule has 2 rings (SSSR count). The first-order chi connectivity index (χ1) is 6.68. The predicted octanol–water partition coefficient (Wildman–Crippen LogP) is 0.0114. The number of pyridine rings is 1. The quantitative estimate of drug-likeness (QED) is 0.754. The van der Waals surface area contributed by atoms with E-state index in [-0.39, 0.29) is 5.82 Å². The minimum Gasteiger partial charge on any atom is -0.247 e. The molecule has 0 amide bonds. The van der Waals surface area contributed by atoms with E-state index < -0.39 is 11.4 Å². The van der Waals surface area contributed by atoms with Crippen molar-refractivity contribution in [3.8, 4) is 5.82 Å². The highest BCUT2D eigenvalue weighted by Crippen LogP contribution is 2.07. The Labute approximate surface area is 85.7 Å². The van der Waals surface area contributed by atoms with Gasteiger partial charge in [0.15, 0.2) is 0 Å². The first kappa shape index (κ1) is 8.95. The van der Waals surface area contributed by atoms with Crippen molar-refractivity contribution in [3.05, 3.63) is 43.8 Å². The Morgan fingerprint density at radius 3 is 2.36 bits per heavy atom. The minimum atomic E-state index is -0.537. The van der Waals surface area contributed by atoms with Crippen molar-refractivity contribution >= 4 is 15.9 Å². The molecule has 0 aliphatic carbocycles. The Kier molecular flexibility index (Phi) is 2.08. The molecule has 7 heteroatoms. The van der Waals surface area contributed by atoms with E-state index in [2.05, 4.69) is 31.1 Å². The van der Waals surface area contributed by atoms with Gasteiger partial charge in [-0.1, -0.05) is 0 Å². The average Bonchev–Trinajstić information content (AvgIpc) is 2.49. The van der Waals surface area contributed by atoms with E-state index in [0.717, 1.165) is 9.04 Å². The van der Waals surface area contributed by atoms with Crippen molar-refractivity contribution in [2.45, 2.75) is 0 Å². The van der Waals surface area contributed by atoms with Crippen LogP contribution in [0.4, 0.5) is 0 Å². The van der Waals surface area contributed by atoms with Crippen molar-refractivity contribution in [1.29, 1.82) is 0 Å². The fraction of sp³-hybridized carbons (Fsp3) is 0. The highest BCUT2D eigenvalue weighted by molar-refractivity contribution is 9.10. The number of rotatable bonds is 1. The molecular formula is C7H5BrN4O2. The predicted molar refractivity (Wildman–Crippen MR) is 52.5 cm³/mol. The number of halogens is 1. The van der Waals surface area contributed by atoms with E-state index in [9.17, 15) is 9.59 Å². The summed E-state index contributed by atoms with van der Waals surface area (Å²) in [6.45, 7) is 0. The smallest absolute Gasteiger partial charge is 0.247 e. The van der Waals surface area contributed by atoms with Crippen molar-refractivity contribution < 1.29 is 0 Å². The zero-order valence-electron chi connectivity index (χ0n) is 6.82. The van der Waals surface area contributed by atoms with Crippen molar-refractivity contribution in [1.82, 2.24) is 19.7 Å². The third-order valence-corrected chi connectivity index (χ3v) is 2.09. The molecule has 0 saturated heterocycles. The van der Waals surface area contributed by atoms with Gasteiger partial charge in [0.05, 0.1) is 0 Å². The molecule has 0 unspecified atom stereocenters. The number of hydrogen-bond acceptors (Lipinski definition) is 3. The van der Waals surface area contributed by atoms with Gasteiger partial charge in [-0.05, 0) is 28.1 Å². The van der Waals surface area contributed by atoms with E-state index in [4.69, 9.17) is 0 Å². The molecule has 0 saturated carbocycles. The van der Waals surface area contributed by atoms with Crippen LogP contribution in [0.15, 0.2) is 32.4 Å².